The lowest BCUT2D eigenvalue weighted by atomic mass is 9.81. The number of carbonyl (C=O) groups excluding carboxylic acids is 2. The highest BCUT2D eigenvalue weighted by atomic mass is 16.2. The van der Waals surface area contributed by atoms with Gasteiger partial charge in [-0.15, -0.1) is 0 Å². The Balaban J connectivity index is 1.84. The summed E-state index contributed by atoms with van der Waals surface area (Å²) in [6.45, 7) is 8.21. The van der Waals surface area contributed by atoms with Gasteiger partial charge < -0.3 is 10.6 Å². The van der Waals surface area contributed by atoms with Crippen molar-refractivity contribution in [3.05, 3.63) is 29.3 Å². The van der Waals surface area contributed by atoms with E-state index in [-0.39, 0.29) is 29.7 Å². The molecule has 1 aliphatic rings. The summed E-state index contributed by atoms with van der Waals surface area (Å²) in [6, 6.07) is 6.22. The Bertz CT molecular complexity index is 589. The quantitative estimate of drug-likeness (QED) is 0.858. The molecule has 1 unspecified atom stereocenters. The van der Waals surface area contributed by atoms with Gasteiger partial charge in [0.05, 0.1) is 0 Å². The topological polar surface area (TPSA) is 58.2 Å². The normalized spacial score (nSPS) is 21.8. The van der Waals surface area contributed by atoms with Gasteiger partial charge in [0.15, 0.2) is 0 Å². The summed E-state index contributed by atoms with van der Waals surface area (Å²) in [6.07, 6.45) is 4.12. The molecule has 2 N–H and O–H groups in total. The van der Waals surface area contributed by atoms with Crippen molar-refractivity contribution in [2.75, 3.05) is 5.32 Å². The summed E-state index contributed by atoms with van der Waals surface area (Å²) in [5, 5.41) is 6.08. The molecule has 0 spiro atoms. The fourth-order valence-corrected chi connectivity index (χ4v) is 3.14. The minimum absolute atomic E-state index is 0.0132. The van der Waals surface area contributed by atoms with Crippen molar-refractivity contribution < 1.29 is 9.59 Å². The third-order valence-corrected chi connectivity index (χ3v) is 5.24. The van der Waals surface area contributed by atoms with E-state index >= 15 is 0 Å². The van der Waals surface area contributed by atoms with Crippen LogP contribution in [0.25, 0.3) is 0 Å². The first-order chi connectivity index (χ1) is 11.4. The van der Waals surface area contributed by atoms with E-state index in [4.69, 9.17) is 0 Å². The van der Waals surface area contributed by atoms with Crippen molar-refractivity contribution in [3.63, 3.8) is 0 Å². The zero-order chi connectivity index (χ0) is 17.7. The zero-order valence-corrected chi connectivity index (χ0v) is 15.3. The van der Waals surface area contributed by atoms with Gasteiger partial charge in [-0.05, 0) is 76.1 Å². The predicted octanol–water partition coefficient (Wildman–Crippen LogP) is 3.96. The van der Waals surface area contributed by atoms with Crippen LogP contribution >= 0.6 is 0 Å². The number of benzene rings is 1. The highest BCUT2D eigenvalue weighted by Crippen LogP contribution is 2.30. The molecule has 0 aliphatic heterocycles. The van der Waals surface area contributed by atoms with Crippen LogP contribution in [0.5, 0.6) is 0 Å². The highest BCUT2D eigenvalue weighted by molar-refractivity contribution is 5.93. The largest absolute Gasteiger partial charge is 0.353 e. The lowest BCUT2D eigenvalue weighted by Gasteiger charge is -2.28. The molecule has 0 bridgehead atoms. The van der Waals surface area contributed by atoms with E-state index in [2.05, 4.69) is 24.5 Å². The molecule has 24 heavy (non-hydrogen) atoms. The number of carbonyl (C=O) groups is 2. The van der Waals surface area contributed by atoms with Crippen molar-refractivity contribution in [2.45, 2.75) is 65.8 Å². The molecule has 132 valence electrons. The first-order valence-corrected chi connectivity index (χ1v) is 9.09. The summed E-state index contributed by atoms with van der Waals surface area (Å²) in [4.78, 5) is 24.6. The summed E-state index contributed by atoms with van der Waals surface area (Å²) in [7, 11) is 0. The van der Waals surface area contributed by atoms with Crippen LogP contribution in [-0.4, -0.2) is 17.9 Å². The molecule has 0 radical (unpaired) electrons. The number of nitrogens with one attached hydrogen (secondary N) is 2. The monoisotopic (exact) mass is 330 g/mol. The fraction of sp³-hybridized carbons (Fsp3) is 0.600. The number of amides is 2. The summed E-state index contributed by atoms with van der Waals surface area (Å²) < 4.78 is 0. The molecule has 2 rings (SSSR count). The Morgan fingerprint density at radius 3 is 2.17 bits per heavy atom. The smallest absolute Gasteiger partial charge is 0.227 e. The van der Waals surface area contributed by atoms with Crippen LogP contribution in [0.4, 0.5) is 5.69 Å². The maximum absolute atomic E-state index is 12.5. The Kier molecular flexibility index (Phi) is 6.41. The molecule has 0 aromatic heterocycles. The Hall–Kier alpha value is -1.84. The predicted molar refractivity (Wildman–Crippen MR) is 97.9 cm³/mol. The molecule has 1 aromatic rings. The van der Waals surface area contributed by atoms with Crippen molar-refractivity contribution in [1.82, 2.24) is 5.32 Å². The fourth-order valence-electron chi connectivity index (χ4n) is 3.14. The van der Waals surface area contributed by atoms with E-state index in [1.54, 1.807) is 0 Å². The van der Waals surface area contributed by atoms with E-state index < -0.39 is 0 Å². The second kappa shape index (κ2) is 8.32. The minimum atomic E-state index is 0.0132. The second-order valence-corrected chi connectivity index (χ2v) is 7.15. The molecule has 4 nitrogen and oxygen atoms in total. The average molecular weight is 330 g/mol. The molecule has 1 atom stereocenters. The first-order valence-electron chi connectivity index (χ1n) is 9.09. The maximum atomic E-state index is 12.5. The van der Waals surface area contributed by atoms with Crippen molar-refractivity contribution in [2.24, 2.45) is 11.8 Å². The molecule has 0 saturated heterocycles. The molecular weight excluding hydrogens is 300 g/mol. The summed E-state index contributed by atoms with van der Waals surface area (Å²) >= 11 is 0. The van der Waals surface area contributed by atoms with Gasteiger partial charge in [-0.2, -0.15) is 0 Å². The van der Waals surface area contributed by atoms with Gasteiger partial charge in [-0.25, -0.2) is 0 Å². The highest BCUT2D eigenvalue weighted by Gasteiger charge is 2.30. The van der Waals surface area contributed by atoms with E-state index in [1.165, 1.54) is 11.1 Å². The van der Waals surface area contributed by atoms with Crippen molar-refractivity contribution in [1.29, 1.82) is 0 Å². The first kappa shape index (κ1) is 18.5. The van der Waals surface area contributed by atoms with Crippen LogP contribution in [-0.2, 0) is 9.59 Å². The molecule has 2 amide bonds. The Morgan fingerprint density at radius 2 is 1.62 bits per heavy atom. The van der Waals surface area contributed by atoms with Crippen LogP contribution < -0.4 is 10.6 Å². The van der Waals surface area contributed by atoms with Crippen LogP contribution in [0.1, 0.15) is 57.1 Å². The molecular formula is C20H30N2O2. The standard InChI is InChI=1S/C20H30N2O2/c1-5-15(4)21-19(23)16-7-9-17(10-8-16)20(24)22-18-11-6-13(2)14(3)12-18/h6,11-12,15-17H,5,7-10H2,1-4H3,(H,21,23)(H,22,24). The van der Waals surface area contributed by atoms with Gasteiger partial charge in [0.2, 0.25) is 11.8 Å². The minimum Gasteiger partial charge on any atom is -0.353 e. The third-order valence-electron chi connectivity index (χ3n) is 5.24. The van der Waals surface area contributed by atoms with Gasteiger partial charge in [-0.1, -0.05) is 13.0 Å². The van der Waals surface area contributed by atoms with Crippen LogP contribution in [0.2, 0.25) is 0 Å². The molecule has 0 heterocycles. The average Bonchev–Trinajstić information content (AvgIpc) is 2.58. The van der Waals surface area contributed by atoms with Crippen molar-refractivity contribution in [3.8, 4) is 0 Å². The molecule has 1 fully saturated rings. The third kappa shape index (κ3) is 4.83. The Labute approximate surface area is 145 Å². The lowest BCUT2D eigenvalue weighted by Crippen LogP contribution is -2.39. The van der Waals surface area contributed by atoms with Gasteiger partial charge in [0.1, 0.15) is 0 Å². The number of hydrogen-bond donors (Lipinski definition) is 2. The molecule has 4 heteroatoms. The lowest BCUT2D eigenvalue weighted by molar-refractivity contribution is -0.129. The van der Waals surface area contributed by atoms with E-state index in [0.29, 0.717) is 0 Å². The van der Waals surface area contributed by atoms with Gasteiger partial charge >= 0.3 is 0 Å². The number of anilines is 1. The van der Waals surface area contributed by atoms with Gasteiger partial charge in [-0.3, -0.25) is 9.59 Å². The van der Waals surface area contributed by atoms with Gasteiger partial charge in [0, 0.05) is 23.6 Å². The molecule has 1 aromatic carbocycles. The van der Waals surface area contributed by atoms with Crippen molar-refractivity contribution >= 4 is 17.5 Å². The second-order valence-electron chi connectivity index (χ2n) is 7.15. The maximum Gasteiger partial charge on any atom is 0.227 e. The Morgan fingerprint density at radius 1 is 1.04 bits per heavy atom. The van der Waals surface area contributed by atoms with E-state index in [0.717, 1.165) is 37.8 Å². The molecule has 1 aliphatic carbocycles. The molecule has 1 saturated carbocycles. The van der Waals surface area contributed by atoms with Gasteiger partial charge in [0.25, 0.3) is 0 Å². The van der Waals surface area contributed by atoms with Crippen LogP contribution in [0.15, 0.2) is 18.2 Å². The number of rotatable bonds is 5. The number of aryl methyl sites for hydroxylation is 2. The zero-order valence-electron chi connectivity index (χ0n) is 15.3. The van der Waals surface area contributed by atoms with E-state index in [9.17, 15) is 9.59 Å². The van der Waals surface area contributed by atoms with Crippen LogP contribution in [0.3, 0.4) is 0 Å². The van der Waals surface area contributed by atoms with E-state index in [1.807, 2.05) is 32.0 Å². The SMILES string of the molecule is CCC(C)NC(=O)C1CCC(C(=O)Nc2ccc(C)c(C)c2)CC1. The number of hydrogen-bond acceptors (Lipinski definition) is 2. The summed E-state index contributed by atoms with van der Waals surface area (Å²) in [5.41, 5.74) is 3.26. The van der Waals surface area contributed by atoms with Crippen LogP contribution in [0, 0.1) is 25.7 Å². The summed E-state index contributed by atoms with van der Waals surface area (Å²) in [5.74, 6) is 0.306.